The molecule has 1 aliphatic rings. The number of amides is 2. The molecule has 0 aliphatic carbocycles. The van der Waals surface area contributed by atoms with Crippen molar-refractivity contribution < 1.29 is 23.6 Å². The number of carbonyl (C=O) groups is 3. The minimum atomic E-state index is -0.763. The van der Waals surface area contributed by atoms with Crippen molar-refractivity contribution in [2.24, 2.45) is 0 Å². The number of hydroxylamine groups is 2. The number of aromatic nitrogens is 2. The van der Waals surface area contributed by atoms with Gasteiger partial charge in [-0.1, -0.05) is 23.3 Å². The number of nitrogens with one attached hydrogen (secondary N) is 1. The van der Waals surface area contributed by atoms with E-state index in [0.717, 1.165) is 0 Å². The molecule has 0 radical (unpaired) electrons. The van der Waals surface area contributed by atoms with Gasteiger partial charge in [0.05, 0.1) is 23.1 Å². The van der Waals surface area contributed by atoms with E-state index in [1.807, 2.05) is 0 Å². The van der Waals surface area contributed by atoms with Crippen molar-refractivity contribution in [3.05, 3.63) is 65.2 Å². The van der Waals surface area contributed by atoms with Crippen LogP contribution in [-0.4, -0.2) is 32.8 Å². The Morgan fingerprint density at radius 1 is 1.08 bits per heavy atom. The van der Waals surface area contributed by atoms with Crippen LogP contribution in [0.3, 0.4) is 0 Å². The Morgan fingerprint density at radius 3 is 2.42 bits per heavy atom. The second-order valence-electron chi connectivity index (χ2n) is 5.73. The Balaban J connectivity index is 1.42. The molecule has 1 N–H and O–H groups in total. The van der Waals surface area contributed by atoms with E-state index >= 15 is 0 Å². The van der Waals surface area contributed by atoms with Gasteiger partial charge in [0.2, 0.25) is 0 Å². The molecule has 1 aliphatic heterocycles. The third-order valence-electron chi connectivity index (χ3n) is 4.03. The first-order chi connectivity index (χ1) is 12.5. The lowest BCUT2D eigenvalue weighted by molar-refractivity contribution is -0.168. The topological polar surface area (TPSA) is 92.4 Å². The Labute approximate surface area is 146 Å². The normalized spacial score (nSPS) is 13.3. The highest BCUT2D eigenvalue weighted by molar-refractivity contribution is 6.20. The van der Waals surface area contributed by atoms with E-state index in [1.165, 1.54) is 18.2 Å². The predicted octanol–water partition coefficient (Wildman–Crippen LogP) is 2.39. The zero-order valence-corrected chi connectivity index (χ0v) is 13.4. The molecule has 4 rings (SSSR count). The summed E-state index contributed by atoms with van der Waals surface area (Å²) in [7, 11) is 0. The zero-order chi connectivity index (χ0) is 18.3. The molecule has 1 aromatic heterocycles. The van der Waals surface area contributed by atoms with Crippen LogP contribution in [0.1, 0.15) is 33.0 Å². The van der Waals surface area contributed by atoms with Crippen molar-refractivity contribution in [3.63, 3.8) is 0 Å². The summed E-state index contributed by atoms with van der Waals surface area (Å²) in [6.45, 7) is 0. The van der Waals surface area contributed by atoms with Crippen LogP contribution in [0.2, 0.25) is 0 Å². The summed E-state index contributed by atoms with van der Waals surface area (Å²) < 4.78 is 13.6. The summed E-state index contributed by atoms with van der Waals surface area (Å²) in [6, 6.07) is 10.7. The van der Waals surface area contributed by atoms with Gasteiger partial charge in [-0.2, -0.15) is 0 Å². The number of carbonyl (C=O) groups excluding carboxylic acids is 3. The molecule has 0 bridgehead atoms. The van der Waals surface area contributed by atoms with Crippen LogP contribution in [0.5, 0.6) is 0 Å². The average molecular weight is 353 g/mol. The van der Waals surface area contributed by atoms with E-state index in [-0.39, 0.29) is 29.5 Å². The van der Waals surface area contributed by atoms with Crippen molar-refractivity contribution in [1.29, 1.82) is 0 Å². The number of nitrogens with zero attached hydrogens (tertiary/aromatic N) is 2. The number of hydrogen-bond donors (Lipinski definition) is 1. The summed E-state index contributed by atoms with van der Waals surface area (Å²) in [5.74, 6) is -2.17. The summed E-state index contributed by atoms with van der Waals surface area (Å²) in [5, 5.41) is 0.464. The maximum Gasteiger partial charge on any atom is 0.333 e. The van der Waals surface area contributed by atoms with Gasteiger partial charge in [-0.25, -0.2) is 14.2 Å². The number of hydrogen-bond acceptors (Lipinski definition) is 5. The molecule has 26 heavy (non-hydrogen) atoms. The maximum absolute atomic E-state index is 13.6. The summed E-state index contributed by atoms with van der Waals surface area (Å²) in [5.41, 5.74) is 1.10. The Kier molecular flexibility index (Phi) is 3.72. The quantitative estimate of drug-likeness (QED) is 0.727. The van der Waals surface area contributed by atoms with Gasteiger partial charge in [0.1, 0.15) is 11.3 Å². The molecule has 3 aromatic rings. The van der Waals surface area contributed by atoms with Crippen LogP contribution in [0, 0.1) is 5.82 Å². The SMILES string of the molecule is O=C(CCc1nc2c(F)cccc2[nH]1)ON1C(=O)c2ccccc2C1=O. The maximum atomic E-state index is 13.6. The molecule has 7 nitrogen and oxygen atoms in total. The lowest BCUT2D eigenvalue weighted by Crippen LogP contribution is -2.32. The number of benzene rings is 2. The van der Waals surface area contributed by atoms with E-state index < -0.39 is 23.6 Å². The fourth-order valence-electron chi connectivity index (χ4n) is 2.78. The van der Waals surface area contributed by atoms with Crippen molar-refractivity contribution in [2.75, 3.05) is 0 Å². The Bertz CT molecular complexity index is 1020. The van der Waals surface area contributed by atoms with E-state index in [4.69, 9.17) is 4.84 Å². The summed E-state index contributed by atoms with van der Waals surface area (Å²) in [4.78, 5) is 48.2. The molecule has 0 unspecified atom stereocenters. The van der Waals surface area contributed by atoms with Gasteiger partial charge in [-0.05, 0) is 24.3 Å². The van der Waals surface area contributed by atoms with Crippen molar-refractivity contribution in [1.82, 2.24) is 15.0 Å². The first kappa shape index (κ1) is 15.9. The lowest BCUT2D eigenvalue weighted by Gasteiger charge is -2.12. The number of fused-ring (bicyclic) bond motifs is 2. The predicted molar refractivity (Wildman–Crippen MR) is 87.4 cm³/mol. The molecule has 2 amide bonds. The molecule has 130 valence electrons. The first-order valence-corrected chi connectivity index (χ1v) is 7.86. The zero-order valence-electron chi connectivity index (χ0n) is 13.4. The van der Waals surface area contributed by atoms with Gasteiger partial charge < -0.3 is 9.82 Å². The number of aromatic amines is 1. The minimum absolute atomic E-state index is 0.130. The van der Waals surface area contributed by atoms with Crippen LogP contribution in [-0.2, 0) is 16.1 Å². The molecular formula is C18H12FN3O4. The van der Waals surface area contributed by atoms with Crippen LogP contribution >= 0.6 is 0 Å². The van der Waals surface area contributed by atoms with Crippen LogP contribution < -0.4 is 0 Å². The molecule has 0 saturated heterocycles. The summed E-state index contributed by atoms with van der Waals surface area (Å²) in [6.07, 6.45) is 0.0188. The molecule has 8 heteroatoms. The highest BCUT2D eigenvalue weighted by atomic mass is 19.1. The Morgan fingerprint density at radius 2 is 1.77 bits per heavy atom. The van der Waals surface area contributed by atoms with E-state index in [0.29, 0.717) is 16.4 Å². The highest BCUT2D eigenvalue weighted by Gasteiger charge is 2.38. The largest absolute Gasteiger partial charge is 0.342 e. The molecule has 0 atom stereocenters. The van der Waals surface area contributed by atoms with Crippen molar-refractivity contribution >= 4 is 28.8 Å². The van der Waals surface area contributed by atoms with Gasteiger partial charge in [0.15, 0.2) is 5.82 Å². The number of halogens is 1. The monoisotopic (exact) mass is 353 g/mol. The Hall–Kier alpha value is -3.55. The third kappa shape index (κ3) is 2.61. The van der Waals surface area contributed by atoms with E-state index in [9.17, 15) is 18.8 Å². The minimum Gasteiger partial charge on any atom is -0.342 e. The van der Waals surface area contributed by atoms with E-state index in [1.54, 1.807) is 24.3 Å². The number of para-hydroxylation sites is 1. The average Bonchev–Trinajstić information content (AvgIpc) is 3.16. The van der Waals surface area contributed by atoms with Crippen LogP contribution in [0.4, 0.5) is 4.39 Å². The fraction of sp³-hybridized carbons (Fsp3) is 0.111. The highest BCUT2D eigenvalue weighted by Crippen LogP contribution is 2.23. The number of aryl methyl sites for hydroxylation is 1. The molecule has 2 aromatic carbocycles. The number of rotatable bonds is 4. The number of imidazole rings is 1. The van der Waals surface area contributed by atoms with Crippen LogP contribution in [0.25, 0.3) is 11.0 Å². The molecule has 0 spiro atoms. The van der Waals surface area contributed by atoms with Crippen LogP contribution in [0.15, 0.2) is 42.5 Å². The molecular weight excluding hydrogens is 341 g/mol. The van der Waals surface area contributed by atoms with Crippen molar-refractivity contribution in [3.8, 4) is 0 Å². The second-order valence-corrected chi connectivity index (χ2v) is 5.73. The van der Waals surface area contributed by atoms with Gasteiger partial charge in [0, 0.05) is 6.42 Å². The number of imide groups is 1. The van der Waals surface area contributed by atoms with Gasteiger partial charge >= 0.3 is 5.97 Å². The lowest BCUT2D eigenvalue weighted by atomic mass is 10.1. The van der Waals surface area contributed by atoms with Gasteiger partial charge in [-0.3, -0.25) is 9.59 Å². The fourth-order valence-corrected chi connectivity index (χ4v) is 2.78. The van der Waals surface area contributed by atoms with Gasteiger partial charge in [0.25, 0.3) is 11.8 Å². The molecule has 0 fully saturated rings. The van der Waals surface area contributed by atoms with E-state index in [2.05, 4.69) is 9.97 Å². The molecule has 2 heterocycles. The van der Waals surface area contributed by atoms with Crippen molar-refractivity contribution in [2.45, 2.75) is 12.8 Å². The number of H-pyrrole nitrogens is 1. The summed E-state index contributed by atoms with van der Waals surface area (Å²) >= 11 is 0. The third-order valence-corrected chi connectivity index (χ3v) is 4.03. The van der Waals surface area contributed by atoms with Gasteiger partial charge in [-0.15, -0.1) is 0 Å². The first-order valence-electron chi connectivity index (χ1n) is 7.86. The standard InChI is InChI=1S/C18H12FN3O4/c19-12-6-3-7-13-16(12)21-14(20-13)8-9-15(23)26-22-17(24)10-4-1-2-5-11(10)18(22)25/h1-7H,8-9H2,(H,20,21). The second kappa shape index (κ2) is 6.07. The smallest absolute Gasteiger partial charge is 0.333 e. The molecule has 0 saturated carbocycles.